The quantitative estimate of drug-likeness (QED) is 0.306. The Bertz CT molecular complexity index is 754. The Morgan fingerprint density at radius 3 is 2.81 bits per heavy atom. The lowest BCUT2D eigenvalue weighted by atomic mass is 10.2. The smallest absolute Gasteiger partial charge is 0.196 e. The average molecular weight is 467 g/mol. The van der Waals surface area contributed by atoms with Gasteiger partial charge in [-0.2, -0.15) is 0 Å². The Balaban J connectivity index is 0.00000243. The number of nitrogens with zero attached hydrogens (tertiary/aromatic N) is 1. The van der Waals surface area contributed by atoms with Crippen molar-refractivity contribution in [2.45, 2.75) is 12.8 Å². The number of ether oxygens (including phenoxy) is 2. The molecular formula is C19H22IN3O3. The van der Waals surface area contributed by atoms with Gasteiger partial charge >= 0.3 is 0 Å². The second-order valence-electron chi connectivity index (χ2n) is 5.45. The molecule has 0 amide bonds. The summed E-state index contributed by atoms with van der Waals surface area (Å²) in [6, 6.07) is 9.52. The molecule has 0 aliphatic carbocycles. The summed E-state index contributed by atoms with van der Waals surface area (Å²) in [6.45, 7) is 2.29. The summed E-state index contributed by atoms with van der Waals surface area (Å²) in [6.07, 6.45) is 8.59. The zero-order valence-electron chi connectivity index (χ0n) is 14.4. The molecule has 0 saturated heterocycles. The molecule has 0 saturated carbocycles. The third kappa shape index (κ3) is 5.88. The number of guanidine groups is 1. The van der Waals surface area contributed by atoms with E-state index >= 15 is 0 Å². The SMILES string of the molecule is C#CCNC(=NCCc1ccco1)Nc1ccc2c(c1)OCCCO2.I. The van der Waals surface area contributed by atoms with Gasteiger partial charge in [-0.15, -0.1) is 30.4 Å². The predicted molar refractivity (Wildman–Crippen MR) is 113 cm³/mol. The molecule has 6 nitrogen and oxygen atoms in total. The van der Waals surface area contributed by atoms with Crippen molar-refractivity contribution in [1.82, 2.24) is 5.32 Å². The molecule has 0 bridgehead atoms. The van der Waals surface area contributed by atoms with E-state index in [2.05, 4.69) is 21.5 Å². The van der Waals surface area contributed by atoms with Crippen LogP contribution in [0.1, 0.15) is 12.2 Å². The van der Waals surface area contributed by atoms with Gasteiger partial charge in [0.25, 0.3) is 0 Å². The molecule has 26 heavy (non-hydrogen) atoms. The van der Waals surface area contributed by atoms with Crippen LogP contribution in [0.5, 0.6) is 11.5 Å². The van der Waals surface area contributed by atoms with Crippen LogP contribution >= 0.6 is 24.0 Å². The standard InChI is InChI=1S/C19H21N3O3.HI/c1-2-9-20-19(21-10-8-16-5-3-11-23-16)22-15-6-7-17-18(14-15)25-13-4-12-24-17;/h1,3,5-7,11,14H,4,8-10,12-13H2,(H2,20,21,22);1H. The van der Waals surface area contributed by atoms with Gasteiger partial charge in [0.2, 0.25) is 0 Å². The number of terminal acetylenes is 1. The van der Waals surface area contributed by atoms with Crippen molar-refractivity contribution in [3.63, 3.8) is 0 Å². The minimum Gasteiger partial charge on any atom is -0.490 e. The number of rotatable bonds is 5. The van der Waals surface area contributed by atoms with E-state index < -0.39 is 0 Å². The van der Waals surface area contributed by atoms with Crippen LogP contribution in [0, 0.1) is 12.3 Å². The highest BCUT2D eigenvalue weighted by Crippen LogP contribution is 2.32. The fraction of sp³-hybridized carbons (Fsp3) is 0.316. The van der Waals surface area contributed by atoms with Gasteiger partial charge in [-0.05, 0) is 24.3 Å². The number of hydrogen-bond acceptors (Lipinski definition) is 4. The number of aliphatic imine (C=N–C) groups is 1. The molecule has 1 aliphatic heterocycles. The van der Waals surface area contributed by atoms with Crippen LogP contribution in [0.3, 0.4) is 0 Å². The van der Waals surface area contributed by atoms with Crippen LogP contribution in [-0.2, 0) is 6.42 Å². The number of fused-ring (bicyclic) bond motifs is 1. The van der Waals surface area contributed by atoms with Crippen LogP contribution in [0.4, 0.5) is 5.69 Å². The molecule has 0 fully saturated rings. The highest BCUT2D eigenvalue weighted by molar-refractivity contribution is 14.0. The van der Waals surface area contributed by atoms with Gasteiger partial charge in [-0.25, -0.2) is 0 Å². The topological polar surface area (TPSA) is 68.0 Å². The largest absolute Gasteiger partial charge is 0.490 e. The van der Waals surface area contributed by atoms with Gasteiger partial charge in [0.15, 0.2) is 17.5 Å². The minimum absolute atomic E-state index is 0. The van der Waals surface area contributed by atoms with Crippen LogP contribution < -0.4 is 20.1 Å². The van der Waals surface area contributed by atoms with E-state index in [0.29, 0.717) is 32.3 Å². The molecule has 2 aromatic rings. The minimum atomic E-state index is 0. The second-order valence-corrected chi connectivity index (χ2v) is 5.45. The second kappa shape index (κ2) is 10.6. The van der Waals surface area contributed by atoms with Gasteiger partial charge < -0.3 is 24.5 Å². The first-order valence-corrected chi connectivity index (χ1v) is 8.26. The number of furan rings is 1. The van der Waals surface area contributed by atoms with Crippen molar-refractivity contribution < 1.29 is 13.9 Å². The lowest BCUT2D eigenvalue weighted by Crippen LogP contribution is -2.31. The number of nitrogens with one attached hydrogen (secondary N) is 2. The van der Waals surface area contributed by atoms with Gasteiger partial charge in [0.05, 0.1) is 26.0 Å². The van der Waals surface area contributed by atoms with E-state index in [9.17, 15) is 0 Å². The number of benzene rings is 1. The Hall–Kier alpha value is -2.34. The van der Waals surface area contributed by atoms with Crippen molar-refractivity contribution >= 4 is 35.6 Å². The number of halogens is 1. The fourth-order valence-corrected chi connectivity index (χ4v) is 2.38. The summed E-state index contributed by atoms with van der Waals surface area (Å²) < 4.78 is 16.7. The molecule has 0 spiro atoms. The van der Waals surface area contributed by atoms with Gasteiger partial charge in [-0.3, -0.25) is 4.99 Å². The molecule has 138 valence electrons. The third-order valence-electron chi connectivity index (χ3n) is 3.58. The maximum absolute atomic E-state index is 5.71. The fourth-order valence-electron chi connectivity index (χ4n) is 2.38. The summed E-state index contributed by atoms with van der Waals surface area (Å²) in [5.74, 6) is 5.55. The molecule has 0 radical (unpaired) electrons. The van der Waals surface area contributed by atoms with Crippen LogP contribution in [0.2, 0.25) is 0 Å². The molecule has 7 heteroatoms. The first kappa shape index (κ1) is 20.0. The summed E-state index contributed by atoms with van der Waals surface area (Å²) in [4.78, 5) is 4.53. The third-order valence-corrected chi connectivity index (χ3v) is 3.58. The summed E-state index contributed by atoms with van der Waals surface area (Å²) in [5.41, 5.74) is 0.852. The normalized spacial score (nSPS) is 13.1. The molecule has 2 N–H and O–H groups in total. The first-order chi connectivity index (χ1) is 12.3. The zero-order chi connectivity index (χ0) is 17.3. The van der Waals surface area contributed by atoms with Crippen LogP contribution in [-0.4, -0.2) is 32.3 Å². The maximum atomic E-state index is 5.71. The predicted octanol–water partition coefficient (Wildman–Crippen LogP) is 3.29. The van der Waals surface area contributed by atoms with Crippen LogP contribution in [0.15, 0.2) is 46.0 Å². The molecule has 3 rings (SSSR count). The molecular weight excluding hydrogens is 445 g/mol. The molecule has 0 unspecified atom stereocenters. The zero-order valence-corrected chi connectivity index (χ0v) is 16.7. The Morgan fingerprint density at radius 1 is 1.19 bits per heavy atom. The van der Waals surface area contributed by atoms with Crippen molar-refractivity contribution in [3.05, 3.63) is 42.4 Å². The first-order valence-electron chi connectivity index (χ1n) is 8.26. The van der Waals surface area contributed by atoms with Crippen molar-refractivity contribution in [3.8, 4) is 23.8 Å². The monoisotopic (exact) mass is 467 g/mol. The lowest BCUT2D eigenvalue weighted by molar-refractivity contribution is 0.297. The lowest BCUT2D eigenvalue weighted by Gasteiger charge is -2.13. The van der Waals surface area contributed by atoms with E-state index in [-0.39, 0.29) is 24.0 Å². The summed E-state index contributed by atoms with van der Waals surface area (Å²) in [7, 11) is 0. The van der Waals surface area contributed by atoms with E-state index in [1.165, 1.54) is 0 Å². The van der Waals surface area contributed by atoms with Crippen LogP contribution in [0.25, 0.3) is 0 Å². The Kier molecular flexibility index (Phi) is 8.15. The Morgan fingerprint density at radius 2 is 2.04 bits per heavy atom. The summed E-state index contributed by atoms with van der Waals surface area (Å²) >= 11 is 0. The molecule has 1 aliphatic rings. The van der Waals surface area contributed by atoms with Gasteiger partial charge in [0, 0.05) is 31.1 Å². The highest BCUT2D eigenvalue weighted by Gasteiger charge is 2.11. The van der Waals surface area contributed by atoms with E-state index in [4.69, 9.17) is 20.3 Å². The number of anilines is 1. The molecule has 0 atom stereocenters. The van der Waals surface area contributed by atoms with Crippen molar-refractivity contribution in [2.24, 2.45) is 4.99 Å². The Labute approximate surface area is 170 Å². The van der Waals surface area contributed by atoms with Gasteiger partial charge in [-0.1, -0.05) is 5.92 Å². The molecule has 1 aromatic carbocycles. The summed E-state index contributed by atoms with van der Waals surface area (Å²) in [5, 5.41) is 6.33. The molecule has 1 aromatic heterocycles. The molecule has 2 heterocycles. The van der Waals surface area contributed by atoms with Crippen molar-refractivity contribution in [1.29, 1.82) is 0 Å². The van der Waals surface area contributed by atoms with E-state index in [1.807, 2.05) is 30.3 Å². The van der Waals surface area contributed by atoms with E-state index in [0.717, 1.165) is 35.8 Å². The van der Waals surface area contributed by atoms with E-state index in [1.54, 1.807) is 6.26 Å². The average Bonchev–Trinajstić information content (AvgIpc) is 3.03. The maximum Gasteiger partial charge on any atom is 0.196 e. The van der Waals surface area contributed by atoms with Gasteiger partial charge in [0.1, 0.15) is 5.76 Å². The van der Waals surface area contributed by atoms with Crippen molar-refractivity contribution in [2.75, 3.05) is 31.6 Å². The number of hydrogen-bond donors (Lipinski definition) is 2. The highest BCUT2D eigenvalue weighted by atomic mass is 127.